The van der Waals surface area contributed by atoms with Crippen molar-refractivity contribution in [1.29, 1.82) is 0 Å². The Bertz CT molecular complexity index is 1190. The summed E-state index contributed by atoms with van der Waals surface area (Å²) in [5.41, 5.74) is 1.13. The molecule has 0 unspecified atom stereocenters. The van der Waals surface area contributed by atoms with Crippen LogP contribution in [0.2, 0.25) is 0 Å². The van der Waals surface area contributed by atoms with Crippen molar-refractivity contribution in [3.05, 3.63) is 90.6 Å². The number of thioether (sulfide) groups is 1. The summed E-state index contributed by atoms with van der Waals surface area (Å²) in [5, 5.41) is 10.9. The highest BCUT2D eigenvalue weighted by Gasteiger charge is 2.35. The van der Waals surface area contributed by atoms with Crippen molar-refractivity contribution >= 4 is 57.3 Å². The predicted molar refractivity (Wildman–Crippen MR) is 121 cm³/mol. The summed E-state index contributed by atoms with van der Waals surface area (Å²) < 4.78 is 6.76. The molecule has 1 saturated heterocycles. The lowest BCUT2D eigenvalue weighted by atomic mass is 10.1. The van der Waals surface area contributed by atoms with Crippen molar-refractivity contribution in [2.24, 2.45) is 0 Å². The smallest absolute Gasteiger partial charge is 0.293 e. The number of halogens is 1. The molecule has 1 aromatic heterocycles. The lowest BCUT2D eigenvalue weighted by Gasteiger charge is -2.12. The first kappa shape index (κ1) is 20.4. The minimum Gasteiger partial charge on any atom is -0.456 e. The Balaban J connectivity index is 1.56. The van der Waals surface area contributed by atoms with Crippen LogP contribution < -0.4 is 0 Å². The maximum atomic E-state index is 12.7. The molecule has 0 N–H and O–H groups in total. The minimum atomic E-state index is -0.479. The molecule has 3 aromatic rings. The second kappa shape index (κ2) is 8.44. The molecule has 4 rings (SSSR count). The summed E-state index contributed by atoms with van der Waals surface area (Å²) in [6.07, 6.45) is 1.48. The van der Waals surface area contributed by atoms with E-state index in [0.717, 1.165) is 20.9 Å². The van der Waals surface area contributed by atoms with Crippen LogP contribution in [0.3, 0.4) is 0 Å². The zero-order valence-electron chi connectivity index (χ0n) is 15.3. The second-order valence-electron chi connectivity index (χ2n) is 6.37. The van der Waals surface area contributed by atoms with Crippen LogP contribution in [0.15, 0.2) is 70.0 Å². The van der Waals surface area contributed by atoms with Crippen molar-refractivity contribution in [2.75, 3.05) is 0 Å². The Morgan fingerprint density at radius 3 is 2.53 bits per heavy atom. The van der Waals surface area contributed by atoms with Crippen LogP contribution in [-0.2, 0) is 11.3 Å². The number of benzene rings is 2. The molecule has 0 atom stereocenters. The van der Waals surface area contributed by atoms with Crippen molar-refractivity contribution in [1.82, 2.24) is 4.90 Å². The molecule has 2 aromatic carbocycles. The summed E-state index contributed by atoms with van der Waals surface area (Å²) >= 11 is 3.03. The van der Waals surface area contributed by atoms with E-state index in [0.29, 0.717) is 17.1 Å². The molecule has 1 aliphatic heterocycles. The van der Waals surface area contributed by atoms with Crippen molar-refractivity contribution in [3.8, 4) is 11.3 Å². The first-order valence-electron chi connectivity index (χ1n) is 8.76. The summed E-state index contributed by atoms with van der Waals surface area (Å²) in [6.45, 7) is 0.193. The van der Waals surface area contributed by atoms with Gasteiger partial charge in [0.15, 0.2) is 0 Å². The van der Waals surface area contributed by atoms with E-state index in [-0.39, 0.29) is 22.4 Å². The molecule has 0 aliphatic carbocycles. The first-order chi connectivity index (χ1) is 14.4. The fraction of sp³-hybridized carbons (Fsp3) is 0.0476. The Kier molecular flexibility index (Phi) is 5.73. The Morgan fingerprint density at radius 2 is 1.80 bits per heavy atom. The highest BCUT2D eigenvalue weighted by molar-refractivity contribution is 14.1. The molecule has 30 heavy (non-hydrogen) atoms. The van der Waals surface area contributed by atoms with Gasteiger partial charge in [-0.3, -0.25) is 24.6 Å². The van der Waals surface area contributed by atoms with E-state index in [9.17, 15) is 19.7 Å². The Labute approximate surface area is 189 Å². The molecular formula is C21H13IN2O5S. The number of nitro benzene ring substituents is 1. The van der Waals surface area contributed by atoms with Gasteiger partial charge in [-0.05, 0) is 70.2 Å². The number of nitrogens with zero attached hydrogens (tertiary/aromatic N) is 2. The number of hydrogen-bond acceptors (Lipinski definition) is 6. The number of hydrogen-bond donors (Lipinski definition) is 0. The average Bonchev–Trinajstić information content (AvgIpc) is 3.30. The van der Waals surface area contributed by atoms with Gasteiger partial charge >= 0.3 is 0 Å². The predicted octanol–water partition coefficient (Wildman–Crippen LogP) is 5.70. The average molecular weight is 532 g/mol. The van der Waals surface area contributed by atoms with Crippen LogP contribution in [-0.4, -0.2) is 21.0 Å². The molecule has 2 heterocycles. The third-order valence-corrected chi connectivity index (χ3v) is 6.02. The van der Waals surface area contributed by atoms with Crippen LogP contribution in [0.25, 0.3) is 17.4 Å². The van der Waals surface area contributed by atoms with Crippen LogP contribution in [0, 0.1) is 13.7 Å². The van der Waals surface area contributed by atoms with Crippen LogP contribution in [0.4, 0.5) is 10.5 Å². The van der Waals surface area contributed by atoms with Crippen molar-refractivity contribution in [2.45, 2.75) is 6.54 Å². The van der Waals surface area contributed by atoms with Crippen LogP contribution >= 0.6 is 34.4 Å². The third-order valence-electron chi connectivity index (χ3n) is 4.39. The normalized spacial score (nSPS) is 15.2. The van der Waals surface area contributed by atoms with E-state index >= 15 is 0 Å². The van der Waals surface area contributed by atoms with Gasteiger partial charge in [-0.15, -0.1) is 0 Å². The quantitative estimate of drug-likeness (QED) is 0.181. The summed E-state index contributed by atoms with van der Waals surface area (Å²) in [6, 6.07) is 17.0. The maximum Gasteiger partial charge on any atom is 0.293 e. The fourth-order valence-corrected chi connectivity index (χ4v) is 4.13. The van der Waals surface area contributed by atoms with Crippen LogP contribution in [0.1, 0.15) is 11.3 Å². The number of imide groups is 1. The van der Waals surface area contributed by atoms with Gasteiger partial charge in [0.1, 0.15) is 11.5 Å². The van der Waals surface area contributed by atoms with Crippen molar-refractivity contribution in [3.63, 3.8) is 0 Å². The van der Waals surface area contributed by atoms with E-state index < -0.39 is 10.8 Å². The first-order valence-corrected chi connectivity index (χ1v) is 10.7. The molecule has 2 amide bonds. The van der Waals surface area contributed by atoms with Gasteiger partial charge in [0, 0.05) is 15.7 Å². The summed E-state index contributed by atoms with van der Waals surface area (Å²) in [5.74, 6) is 0.252. The van der Waals surface area contributed by atoms with E-state index in [1.165, 1.54) is 17.0 Å². The number of furan rings is 1. The molecule has 0 saturated carbocycles. The molecule has 0 spiro atoms. The number of nitro groups is 1. The molecular weight excluding hydrogens is 519 g/mol. The standard InChI is InChI=1S/C21H13IN2O5S/c22-14-7-5-13(6-8-14)12-23-20(25)19(30-21(23)26)11-15-9-10-18(29-15)16-3-1-2-4-17(16)24(27)28/h1-11H,12H2/b19-11+. The number of carbonyl (C=O) groups is 2. The lowest BCUT2D eigenvalue weighted by Crippen LogP contribution is -2.27. The van der Waals surface area contributed by atoms with Gasteiger partial charge in [-0.2, -0.15) is 0 Å². The van der Waals surface area contributed by atoms with Gasteiger partial charge in [-0.25, -0.2) is 0 Å². The SMILES string of the molecule is O=C1S/C(=C/c2ccc(-c3ccccc3[N+](=O)[O-])o2)C(=O)N1Cc1ccc(I)cc1. The topological polar surface area (TPSA) is 93.7 Å². The number of para-hydroxylation sites is 1. The van der Waals surface area contributed by atoms with Gasteiger partial charge in [0.2, 0.25) is 0 Å². The summed E-state index contributed by atoms with van der Waals surface area (Å²) in [4.78, 5) is 37.2. The molecule has 0 radical (unpaired) electrons. The molecule has 150 valence electrons. The number of rotatable bonds is 5. The molecule has 0 bridgehead atoms. The fourth-order valence-electron chi connectivity index (χ4n) is 2.95. The Morgan fingerprint density at radius 1 is 1.07 bits per heavy atom. The molecule has 1 fully saturated rings. The number of amides is 2. The zero-order valence-corrected chi connectivity index (χ0v) is 18.3. The van der Waals surface area contributed by atoms with E-state index in [1.807, 2.05) is 24.3 Å². The highest BCUT2D eigenvalue weighted by atomic mass is 127. The largest absolute Gasteiger partial charge is 0.456 e. The van der Waals surface area contributed by atoms with Gasteiger partial charge < -0.3 is 4.42 Å². The van der Waals surface area contributed by atoms with Gasteiger partial charge in [0.25, 0.3) is 16.8 Å². The minimum absolute atomic E-state index is 0.0729. The van der Waals surface area contributed by atoms with Gasteiger partial charge in [-0.1, -0.05) is 24.3 Å². The molecule has 9 heteroatoms. The third kappa shape index (κ3) is 4.17. The van der Waals surface area contributed by atoms with Crippen LogP contribution in [0.5, 0.6) is 0 Å². The molecule has 7 nitrogen and oxygen atoms in total. The van der Waals surface area contributed by atoms with Gasteiger partial charge in [0.05, 0.1) is 21.9 Å². The number of carbonyl (C=O) groups excluding carboxylic acids is 2. The molecule has 1 aliphatic rings. The zero-order chi connectivity index (χ0) is 21.3. The van der Waals surface area contributed by atoms with Crippen molar-refractivity contribution < 1.29 is 18.9 Å². The van der Waals surface area contributed by atoms with E-state index in [1.54, 1.807) is 30.3 Å². The second-order valence-corrected chi connectivity index (χ2v) is 8.61. The maximum absolute atomic E-state index is 12.7. The highest BCUT2D eigenvalue weighted by Crippen LogP contribution is 2.35. The van der Waals surface area contributed by atoms with E-state index in [4.69, 9.17) is 4.42 Å². The Hall–Kier alpha value is -2.92. The lowest BCUT2D eigenvalue weighted by molar-refractivity contribution is -0.384. The monoisotopic (exact) mass is 532 g/mol. The van der Waals surface area contributed by atoms with E-state index in [2.05, 4.69) is 22.6 Å². The summed E-state index contributed by atoms with van der Waals surface area (Å²) in [7, 11) is 0.